The standard InChI is InChI=1S/C31H35F3N4O5S/c1-18-35-24-13-21(11-12-25(24)37(18)2)44(42,43)38(3)20-9-7-19(8-10-20)22-5-4-6-23(26(22)28(40)41)27(39)36-30-14-29(15-30,16-30)17-31(32,33)34/h7-13,22-23,26H,4-6,14-17H2,1-3H3,(H,36,39)(H,40,41)/t22-,23-,26-,29?,30?/m1/s1. The van der Waals surface area contributed by atoms with Gasteiger partial charge in [-0.25, -0.2) is 13.4 Å². The summed E-state index contributed by atoms with van der Waals surface area (Å²) in [6.07, 6.45) is -2.76. The SMILES string of the molecule is Cc1nc2cc(S(=O)(=O)N(C)c3ccc([C@H]4CCC[C@@H](C(=O)NC56CC(CC(F)(F)F)(C5)C6)[C@@H]4C(=O)O)cc3)ccc2n1C. The number of hydrogen-bond donors (Lipinski definition) is 2. The van der Waals surface area contributed by atoms with Crippen LogP contribution in [-0.4, -0.2) is 53.7 Å². The molecule has 13 heteroatoms. The van der Waals surface area contributed by atoms with Gasteiger partial charge in [0, 0.05) is 26.1 Å². The van der Waals surface area contributed by atoms with Crippen molar-refractivity contribution in [2.45, 2.75) is 74.4 Å². The second-order valence-electron chi connectivity index (χ2n) is 13.0. The lowest BCUT2D eigenvalue weighted by molar-refractivity contribution is -0.237. The molecule has 2 aromatic carbocycles. The van der Waals surface area contributed by atoms with Crippen LogP contribution in [0.5, 0.6) is 0 Å². The van der Waals surface area contributed by atoms with Gasteiger partial charge in [-0.15, -0.1) is 0 Å². The van der Waals surface area contributed by atoms with Crippen LogP contribution in [-0.2, 0) is 26.7 Å². The van der Waals surface area contributed by atoms with Crippen molar-refractivity contribution in [3.63, 3.8) is 0 Å². The fourth-order valence-electron chi connectivity index (χ4n) is 8.00. The molecule has 2 bridgehead atoms. The third kappa shape index (κ3) is 5.12. The van der Waals surface area contributed by atoms with Crippen LogP contribution in [0.15, 0.2) is 47.4 Å². The summed E-state index contributed by atoms with van der Waals surface area (Å²) >= 11 is 0. The summed E-state index contributed by atoms with van der Waals surface area (Å²) < 4.78 is 68.7. The molecule has 1 amide bonds. The lowest BCUT2D eigenvalue weighted by Crippen LogP contribution is -2.75. The number of imidazole rings is 1. The molecule has 9 nitrogen and oxygen atoms in total. The zero-order chi connectivity index (χ0) is 31.8. The number of nitrogens with one attached hydrogen (secondary N) is 1. The fraction of sp³-hybridized carbons (Fsp3) is 0.516. The summed E-state index contributed by atoms with van der Waals surface area (Å²) in [5.74, 6) is -3.07. The number of carboxylic acids is 1. The molecule has 1 aromatic heterocycles. The molecular weight excluding hydrogens is 597 g/mol. The lowest BCUT2D eigenvalue weighted by atomic mass is 9.38. The molecule has 0 radical (unpaired) electrons. The molecule has 0 saturated heterocycles. The predicted molar refractivity (Wildman–Crippen MR) is 157 cm³/mol. The topological polar surface area (TPSA) is 122 Å². The minimum atomic E-state index is -4.25. The Morgan fingerprint density at radius 2 is 1.77 bits per heavy atom. The summed E-state index contributed by atoms with van der Waals surface area (Å²) in [7, 11) is -0.616. The summed E-state index contributed by atoms with van der Waals surface area (Å²) in [6, 6.07) is 11.5. The molecule has 0 spiro atoms. The molecule has 4 aliphatic rings. The number of anilines is 1. The highest BCUT2D eigenvalue weighted by molar-refractivity contribution is 7.92. The van der Waals surface area contributed by atoms with E-state index in [1.54, 1.807) is 30.3 Å². The Balaban J connectivity index is 1.16. The number of amides is 1. The third-order valence-corrected chi connectivity index (χ3v) is 11.8. The number of carbonyl (C=O) groups is 2. The van der Waals surface area contributed by atoms with Gasteiger partial charge in [0.1, 0.15) is 5.82 Å². The molecule has 3 aromatic rings. The van der Waals surface area contributed by atoms with Crippen LogP contribution in [0.1, 0.15) is 62.3 Å². The molecule has 1 heterocycles. The van der Waals surface area contributed by atoms with Crippen molar-refractivity contribution < 1.29 is 36.3 Å². The molecule has 44 heavy (non-hydrogen) atoms. The van der Waals surface area contributed by atoms with Crippen LogP contribution in [0.3, 0.4) is 0 Å². The Labute approximate surface area is 253 Å². The van der Waals surface area contributed by atoms with Crippen molar-refractivity contribution >= 4 is 38.6 Å². The second kappa shape index (κ2) is 10.2. The average molecular weight is 633 g/mol. The van der Waals surface area contributed by atoms with E-state index in [0.29, 0.717) is 36.0 Å². The van der Waals surface area contributed by atoms with E-state index in [-0.39, 0.29) is 24.2 Å². The highest BCUT2D eigenvalue weighted by Gasteiger charge is 2.70. The van der Waals surface area contributed by atoms with E-state index in [0.717, 1.165) is 15.6 Å². The van der Waals surface area contributed by atoms with Crippen LogP contribution in [0, 0.1) is 24.2 Å². The van der Waals surface area contributed by atoms with Crippen molar-refractivity contribution in [2.75, 3.05) is 11.4 Å². The minimum absolute atomic E-state index is 0.0924. The fourth-order valence-corrected chi connectivity index (χ4v) is 9.21. The number of nitrogens with zero attached hydrogens (tertiary/aromatic N) is 3. The van der Waals surface area contributed by atoms with E-state index in [1.165, 1.54) is 19.2 Å². The molecule has 236 valence electrons. The van der Waals surface area contributed by atoms with Gasteiger partial charge < -0.3 is 15.0 Å². The zero-order valence-corrected chi connectivity index (χ0v) is 25.5. The number of aliphatic carboxylic acids is 1. The van der Waals surface area contributed by atoms with Gasteiger partial charge in [0.15, 0.2) is 0 Å². The Kier molecular flexibility index (Phi) is 7.06. The summed E-state index contributed by atoms with van der Waals surface area (Å²) in [6.45, 7) is 1.84. The average Bonchev–Trinajstić information content (AvgIpc) is 3.21. The lowest BCUT2D eigenvalue weighted by Gasteiger charge is -2.71. The molecule has 4 fully saturated rings. The number of aromatic nitrogens is 2. The van der Waals surface area contributed by atoms with Gasteiger partial charge in [0.2, 0.25) is 5.91 Å². The van der Waals surface area contributed by atoms with Gasteiger partial charge in [0.25, 0.3) is 10.0 Å². The molecule has 2 N–H and O–H groups in total. The quantitative estimate of drug-likeness (QED) is 0.349. The maximum Gasteiger partial charge on any atom is 0.389 e. The van der Waals surface area contributed by atoms with E-state index in [2.05, 4.69) is 10.3 Å². The van der Waals surface area contributed by atoms with E-state index < -0.39 is 63.2 Å². The normalized spacial score (nSPS) is 28.2. The number of benzene rings is 2. The maximum absolute atomic E-state index is 13.5. The van der Waals surface area contributed by atoms with E-state index in [4.69, 9.17) is 0 Å². The molecule has 0 unspecified atom stereocenters. The van der Waals surface area contributed by atoms with Crippen molar-refractivity contribution in [3.05, 3.63) is 53.9 Å². The number of hydrogen-bond acceptors (Lipinski definition) is 5. The molecule has 7 rings (SSSR count). The molecule has 4 saturated carbocycles. The largest absolute Gasteiger partial charge is 0.481 e. The van der Waals surface area contributed by atoms with Crippen LogP contribution in [0.25, 0.3) is 11.0 Å². The minimum Gasteiger partial charge on any atom is -0.481 e. The number of rotatable bonds is 8. The highest BCUT2D eigenvalue weighted by Crippen LogP contribution is 2.70. The van der Waals surface area contributed by atoms with Gasteiger partial charge in [-0.05, 0) is 86.3 Å². The van der Waals surface area contributed by atoms with Crippen molar-refractivity contribution in [1.82, 2.24) is 14.9 Å². The Morgan fingerprint density at radius 1 is 1.11 bits per heavy atom. The Morgan fingerprint density at radius 3 is 2.39 bits per heavy atom. The van der Waals surface area contributed by atoms with Crippen molar-refractivity contribution in [2.24, 2.45) is 24.3 Å². The van der Waals surface area contributed by atoms with Gasteiger partial charge in [-0.3, -0.25) is 13.9 Å². The zero-order valence-electron chi connectivity index (χ0n) is 24.7. The van der Waals surface area contributed by atoms with Crippen LogP contribution < -0.4 is 9.62 Å². The molecular formula is C31H35F3N4O5S. The number of carboxylic acid groups (broad SMARTS) is 1. The number of sulfonamides is 1. The number of halogens is 3. The Hall–Kier alpha value is -3.61. The highest BCUT2D eigenvalue weighted by atomic mass is 32.2. The smallest absolute Gasteiger partial charge is 0.389 e. The van der Waals surface area contributed by atoms with Crippen molar-refractivity contribution in [3.8, 4) is 0 Å². The number of fused-ring (bicyclic) bond motifs is 1. The third-order valence-electron chi connectivity index (χ3n) is 10.0. The molecule has 3 atom stereocenters. The summed E-state index contributed by atoms with van der Waals surface area (Å²) in [5.41, 5.74) is 1.01. The van der Waals surface area contributed by atoms with E-state index in [1.807, 2.05) is 18.5 Å². The number of aryl methyl sites for hydroxylation is 2. The first kappa shape index (κ1) is 30.4. The molecule has 4 aliphatic carbocycles. The second-order valence-corrected chi connectivity index (χ2v) is 15.0. The van der Waals surface area contributed by atoms with Crippen LogP contribution in [0.2, 0.25) is 0 Å². The first-order valence-electron chi connectivity index (χ1n) is 14.7. The number of alkyl halides is 3. The van der Waals surface area contributed by atoms with Gasteiger partial charge >= 0.3 is 12.1 Å². The molecule has 0 aliphatic heterocycles. The van der Waals surface area contributed by atoms with Crippen LogP contribution >= 0.6 is 0 Å². The maximum atomic E-state index is 13.5. The van der Waals surface area contributed by atoms with Crippen LogP contribution in [0.4, 0.5) is 18.9 Å². The van der Waals surface area contributed by atoms with E-state index in [9.17, 15) is 36.3 Å². The summed E-state index contributed by atoms with van der Waals surface area (Å²) in [5, 5.41) is 13.1. The monoisotopic (exact) mass is 632 g/mol. The summed E-state index contributed by atoms with van der Waals surface area (Å²) in [4.78, 5) is 30.3. The van der Waals surface area contributed by atoms with Gasteiger partial charge in [-0.1, -0.05) is 18.6 Å². The predicted octanol–water partition coefficient (Wildman–Crippen LogP) is 5.28. The Bertz CT molecular complexity index is 1730. The van der Waals surface area contributed by atoms with Gasteiger partial charge in [0.05, 0.1) is 33.5 Å². The van der Waals surface area contributed by atoms with Crippen molar-refractivity contribution in [1.29, 1.82) is 0 Å². The van der Waals surface area contributed by atoms with Gasteiger partial charge in [-0.2, -0.15) is 13.2 Å². The first-order valence-corrected chi connectivity index (χ1v) is 16.1. The number of carbonyl (C=O) groups excluding carboxylic acids is 1. The van der Waals surface area contributed by atoms with E-state index >= 15 is 0 Å². The first-order chi connectivity index (χ1) is 20.5.